The van der Waals surface area contributed by atoms with Crippen LogP contribution in [0.1, 0.15) is 30.9 Å². The Kier molecular flexibility index (Phi) is 6.61. The van der Waals surface area contributed by atoms with Gasteiger partial charge in [0.1, 0.15) is 22.4 Å². The molecule has 4 heterocycles. The van der Waals surface area contributed by atoms with Crippen molar-refractivity contribution < 1.29 is 19.1 Å². The molecule has 11 nitrogen and oxygen atoms in total. The molecule has 1 saturated carbocycles. The van der Waals surface area contributed by atoms with Crippen molar-refractivity contribution in [1.82, 2.24) is 30.9 Å². The highest BCUT2D eigenvalue weighted by Gasteiger charge is 2.47. The molecule has 2 aliphatic heterocycles. The third-order valence-corrected chi connectivity index (χ3v) is 8.28. The van der Waals surface area contributed by atoms with Crippen molar-refractivity contribution >= 4 is 41.0 Å². The predicted octanol–water partition coefficient (Wildman–Crippen LogP) is 3.38. The molecule has 2 aromatic heterocycles. The molecule has 3 aliphatic rings. The zero-order valence-electron chi connectivity index (χ0n) is 20.7. The van der Waals surface area contributed by atoms with Crippen LogP contribution in [-0.2, 0) is 9.59 Å². The van der Waals surface area contributed by atoms with Gasteiger partial charge in [0.15, 0.2) is 5.75 Å². The fourth-order valence-electron chi connectivity index (χ4n) is 5.23. The molecule has 198 valence electrons. The Morgan fingerprint density at radius 2 is 1.82 bits per heavy atom. The number of carbonyl (C=O) groups is 3. The van der Waals surface area contributed by atoms with Gasteiger partial charge in [0, 0.05) is 23.8 Å². The van der Waals surface area contributed by atoms with E-state index in [0.717, 1.165) is 24.8 Å². The highest BCUT2D eigenvalue weighted by Crippen LogP contribution is 2.50. The summed E-state index contributed by atoms with van der Waals surface area (Å²) < 4.78 is 5.76. The van der Waals surface area contributed by atoms with Crippen LogP contribution in [0.5, 0.6) is 11.5 Å². The zero-order valence-corrected chi connectivity index (χ0v) is 21.6. The van der Waals surface area contributed by atoms with Crippen molar-refractivity contribution in [1.29, 1.82) is 0 Å². The summed E-state index contributed by atoms with van der Waals surface area (Å²) in [5.41, 5.74) is 2.13. The first kappa shape index (κ1) is 24.9. The highest BCUT2D eigenvalue weighted by atomic mass is 32.2. The first-order valence-corrected chi connectivity index (χ1v) is 13.4. The molecule has 1 fully saturated rings. The van der Waals surface area contributed by atoms with Gasteiger partial charge in [-0.25, -0.2) is 19.7 Å². The molecule has 2 unspecified atom stereocenters. The molecule has 3 N–H and O–H groups in total. The monoisotopic (exact) mass is 543 g/mol. The first-order valence-electron chi connectivity index (χ1n) is 12.5. The zero-order chi connectivity index (χ0) is 26.9. The quantitative estimate of drug-likeness (QED) is 0.386. The molecule has 39 heavy (non-hydrogen) atoms. The fourth-order valence-corrected chi connectivity index (χ4v) is 6.47. The molecule has 0 saturated heterocycles. The van der Waals surface area contributed by atoms with Gasteiger partial charge < -0.3 is 20.7 Å². The van der Waals surface area contributed by atoms with Gasteiger partial charge in [0.25, 0.3) is 0 Å². The second-order valence-corrected chi connectivity index (χ2v) is 10.5. The van der Waals surface area contributed by atoms with E-state index in [-0.39, 0.29) is 29.9 Å². The minimum absolute atomic E-state index is 0.153. The fraction of sp³-hybridized carbons (Fsp3) is 0.259. The lowest BCUT2D eigenvalue weighted by molar-refractivity contribution is -0.122. The summed E-state index contributed by atoms with van der Waals surface area (Å²) in [5.74, 6) is 0.625. The van der Waals surface area contributed by atoms with Crippen LogP contribution in [0.4, 0.5) is 16.2 Å². The van der Waals surface area contributed by atoms with Crippen LogP contribution >= 0.6 is 11.8 Å². The lowest BCUT2D eigenvalue weighted by Crippen LogP contribution is -2.53. The SMILES string of the molecule is C=CC(=O)N[C@H]1CCC[C@H]1NC(=O)C1Sc2nccc3c2C1NC(=O)N3c1ccc(Oc2cncnc2)cc1. The minimum atomic E-state index is -0.583. The van der Waals surface area contributed by atoms with Crippen LogP contribution in [0.3, 0.4) is 0 Å². The van der Waals surface area contributed by atoms with Gasteiger partial charge >= 0.3 is 6.03 Å². The molecule has 4 atom stereocenters. The maximum Gasteiger partial charge on any atom is 0.327 e. The van der Waals surface area contributed by atoms with Crippen LogP contribution in [0, 0.1) is 0 Å². The normalized spacial score (nSPS) is 23.0. The van der Waals surface area contributed by atoms with Crippen molar-refractivity contribution in [2.24, 2.45) is 0 Å². The molecule has 12 heteroatoms. The number of benzene rings is 1. The highest BCUT2D eigenvalue weighted by molar-refractivity contribution is 8.01. The molecule has 6 rings (SSSR count). The maximum absolute atomic E-state index is 13.4. The Bertz CT molecular complexity index is 1440. The molecule has 0 spiro atoms. The van der Waals surface area contributed by atoms with E-state index in [9.17, 15) is 14.4 Å². The second kappa shape index (κ2) is 10.4. The Balaban J connectivity index is 1.21. The number of nitrogens with zero attached hydrogens (tertiary/aromatic N) is 4. The van der Waals surface area contributed by atoms with E-state index < -0.39 is 11.3 Å². The van der Waals surface area contributed by atoms with Crippen LogP contribution in [-0.4, -0.2) is 50.1 Å². The topological polar surface area (TPSA) is 138 Å². The van der Waals surface area contributed by atoms with E-state index >= 15 is 0 Å². The van der Waals surface area contributed by atoms with E-state index in [0.29, 0.717) is 27.9 Å². The van der Waals surface area contributed by atoms with E-state index in [1.807, 2.05) is 0 Å². The van der Waals surface area contributed by atoms with Gasteiger partial charge in [-0.05, 0) is 55.7 Å². The standard InChI is InChI=1S/C27H25N7O4S/c1-2-21(35)31-18-4-3-5-19(18)32-25(36)24-23-22-20(10-11-30-26(22)39-24)34(27(37)33-23)15-6-8-16(9-7-15)38-17-12-28-14-29-13-17/h2,6-14,18-19,23-24H,1,3-5H2,(H,31,35)(H,32,36)(H,33,37)/t18-,19+,23?,24?/m0/s1. The predicted molar refractivity (Wildman–Crippen MR) is 144 cm³/mol. The van der Waals surface area contributed by atoms with Crippen LogP contribution in [0.15, 0.2) is 72.9 Å². The lowest BCUT2D eigenvalue weighted by atomic mass is 9.99. The minimum Gasteiger partial charge on any atom is -0.454 e. The van der Waals surface area contributed by atoms with Crippen LogP contribution in [0.2, 0.25) is 0 Å². The molecular formula is C27H25N7O4S. The number of hydrogen-bond donors (Lipinski definition) is 3. The molecule has 1 aliphatic carbocycles. The molecule has 0 radical (unpaired) electrons. The van der Waals surface area contributed by atoms with Gasteiger partial charge in [0.05, 0.1) is 29.8 Å². The Hall–Kier alpha value is -4.45. The van der Waals surface area contributed by atoms with Gasteiger partial charge in [-0.3, -0.25) is 14.5 Å². The summed E-state index contributed by atoms with van der Waals surface area (Å²) in [6.45, 7) is 3.50. The summed E-state index contributed by atoms with van der Waals surface area (Å²) in [7, 11) is 0. The lowest BCUT2D eigenvalue weighted by Gasteiger charge is -2.34. The number of amides is 4. The van der Waals surface area contributed by atoms with Crippen molar-refractivity contribution in [2.75, 3.05) is 4.90 Å². The summed E-state index contributed by atoms with van der Waals surface area (Å²) in [6.07, 6.45) is 9.88. The Labute approximate surface area is 228 Å². The molecular weight excluding hydrogens is 518 g/mol. The summed E-state index contributed by atoms with van der Waals surface area (Å²) >= 11 is 1.34. The number of pyridine rings is 1. The van der Waals surface area contributed by atoms with Crippen LogP contribution in [0.25, 0.3) is 0 Å². The molecule has 3 aromatic rings. The number of rotatable bonds is 7. The van der Waals surface area contributed by atoms with E-state index in [1.54, 1.807) is 53.8 Å². The average molecular weight is 544 g/mol. The molecule has 1 aromatic carbocycles. The van der Waals surface area contributed by atoms with E-state index in [1.165, 1.54) is 24.2 Å². The average Bonchev–Trinajstić information content (AvgIpc) is 3.54. The maximum atomic E-state index is 13.4. The van der Waals surface area contributed by atoms with Crippen molar-refractivity contribution in [3.63, 3.8) is 0 Å². The third-order valence-electron chi connectivity index (χ3n) is 6.99. The summed E-state index contributed by atoms with van der Waals surface area (Å²) in [4.78, 5) is 52.6. The van der Waals surface area contributed by atoms with E-state index in [4.69, 9.17) is 4.74 Å². The Morgan fingerprint density at radius 3 is 2.56 bits per heavy atom. The molecule has 0 bridgehead atoms. The molecule has 4 amide bonds. The number of anilines is 2. The van der Waals surface area contributed by atoms with E-state index in [2.05, 4.69) is 37.5 Å². The third kappa shape index (κ3) is 4.78. The summed E-state index contributed by atoms with van der Waals surface area (Å²) in [5, 5.41) is 9.15. The van der Waals surface area contributed by atoms with Crippen molar-refractivity contribution in [2.45, 2.75) is 47.7 Å². The largest absolute Gasteiger partial charge is 0.454 e. The number of nitrogens with one attached hydrogen (secondary N) is 3. The van der Waals surface area contributed by atoms with Gasteiger partial charge in [-0.2, -0.15) is 0 Å². The first-order chi connectivity index (χ1) is 19.0. The number of carbonyl (C=O) groups excluding carboxylic acids is 3. The second-order valence-electron chi connectivity index (χ2n) is 9.39. The Morgan fingerprint density at radius 1 is 1.08 bits per heavy atom. The van der Waals surface area contributed by atoms with Gasteiger partial charge in [-0.1, -0.05) is 18.3 Å². The van der Waals surface area contributed by atoms with Crippen LogP contribution < -0.4 is 25.6 Å². The van der Waals surface area contributed by atoms with Crippen molar-refractivity contribution in [3.8, 4) is 11.5 Å². The number of urea groups is 1. The van der Waals surface area contributed by atoms with Gasteiger partial charge in [-0.15, -0.1) is 0 Å². The number of hydrogen-bond acceptors (Lipinski definition) is 8. The number of thioether (sulfide) groups is 1. The van der Waals surface area contributed by atoms with Gasteiger partial charge in [0.2, 0.25) is 11.8 Å². The summed E-state index contributed by atoms with van der Waals surface area (Å²) in [6, 6.07) is 7.68. The smallest absolute Gasteiger partial charge is 0.327 e. The number of aromatic nitrogens is 3. The number of ether oxygens (including phenoxy) is 1. The van der Waals surface area contributed by atoms with Crippen molar-refractivity contribution in [3.05, 3.63) is 73.5 Å².